The van der Waals surface area contributed by atoms with Gasteiger partial charge in [0.05, 0.1) is 12.0 Å². The van der Waals surface area contributed by atoms with Crippen LogP contribution >= 0.6 is 0 Å². The Morgan fingerprint density at radius 1 is 1.39 bits per heavy atom. The molecule has 1 saturated heterocycles. The fourth-order valence-corrected chi connectivity index (χ4v) is 2.30. The highest BCUT2D eigenvalue weighted by atomic mass is 16.3. The fourth-order valence-electron chi connectivity index (χ4n) is 2.30. The first-order chi connectivity index (χ1) is 8.57. The summed E-state index contributed by atoms with van der Waals surface area (Å²) in [6.07, 6.45) is 6.13. The van der Waals surface area contributed by atoms with E-state index >= 15 is 0 Å². The lowest BCUT2D eigenvalue weighted by atomic mass is 9.98. The van der Waals surface area contributed by atoms with E-state index in [4.69, 9.17) is 0 Å². The smallest absolute Gasteiger partial charge is 0.226 e. The van der Waals surface area contributed by atoms with Gasteiger partial charge in [0.25, 0.3) is 0 Å². The molecule has 1 unspecified atom stereocenters. The molecular weight excluding hydrogens is 228 g/mol. The molecule has 1 aromatic heterocycles. The molecule has 0 aromatic carbocycles. The monoisotopic (exact) mass is 248 g/mol. The molecule has 0 saturated carbocycles. The van der Waals surface area contributed by atoms with E-state index in [0.717, 1.165) is 24.9 Å². The molecule has 1 aliphatic heterocycles. The Kier molecular flexibility index (Phi) is 3.97. The second-order valence-electron chi connectivity index (χ2n) is 5.26. The van der Waals surface area contributed by atoms with Gasteiger partial charge in [-0.15, -0.1) is 0 Å². The van der Waals surface area contributed by atoms with Crippen LogP contribution in [-0.2, 0) is 11.2 Å². The number of aliphatic hydroxyl groups is 1. The highest BCUT2D eigenvalue weighted by Gasteiger charge is 2.26. The number of likely N-dealkylation sites (tertiary alicyclic amines) is 1. The minimum Gasteiger partial charge on any atom is -0.390 e. The van der Waals surface area contributed by atoms with E-state index in [2.05, 4.69) is 4.98 Å². The van der Waals surface area contributed by atoms with Gasteiger partial charge in [0, 0.05) is 25.5 Å². The van der Waals surface area contributed by atoms with Crippen molar-refractivity contribution in [2.24, 2.45) is 0 Å². The maximum atomic E-state index is 12.2. The Morgan fingerprint density at radius 3 is 2.83 bits per heavy atom. The van der Waals surface area contributed by atoms with Crippen molar-refractivity contribution in [3.05, 3.63) is 30.1 Å². The molecule has 0 radical (unpaired) electrons. The average molecular weight is 248 g/mol. The van der Waals surface area contributed by atoms with E-state index in [9.17, 15) is 9.90 Å². The zero-order valence-electron chi connectivity index (χ0n) is 10.8. The number of nitrogens with zero attached hydrogens (tertiary/aromatic N) is 2. The molecule has 98 valence electrons. The van der Waals surface area contributed by atoms with Crippen molar-refractivity contribution in [2.45, 2.75) is 38.2 Å². The lowest BCUT2D eigenvalue weighted by Gasteiger charge is -2.22. The predicted octanol–water partition coefficient (Wildman–Crippen LogP) is 1.39. The highest BCUT2D eigenvalue weighted by Crippen LogP contribution is 2.21. The topological polar surface area (TPSA) is 53.4 Å². The van der Waals surface area contributed by atoms with E-state index in [1.54, 1.807) is 12.4 Å². The van der Waals surface area contributed by atoms with Crippen molar-refractivity contribution in [1.29, 1.82) is 0 Å². The molecule has 4 nitrogen and oxygen atoms in total. The lowest BCUT2D eigenvalue weighted by Crippen LogP contribution is -2.34. The summed E-state index contributed by atoms with van der Waals surface area (Å²) in [7, 11) is 0. The van der Waals surface area contributed by atoms with Crippen molar-refractivity contribution in [1.82, 2.24) is 9.88 Å². The molecule has 4 heteroatoms. The van der Waals surface area contributed by atoms with Crippen LogP contribution < -0.4 is 0 Å². The van der Waals surface area contributed by atoms with Gasteiger partial charge in [-0.3, -0.25) is 9.78 Å². The van der Waals surface area contributed by atoms with Crippen LogP contribution in [0.25, 0.3) is 0 Å². The maximum absolute atomic E-state index is 12.2. The van der Waals surface area contributed by atoms with E-state index in [1.165, 1.54) is 0 Å². The minimum atomic E-state index is -0.619. The summed E-state index contributed by atoms with van der Waals surface area (Å²) in [5.74, 6) is 0.138. The van der Waals surface area contributed by atoms with E-state index in [0.29, 0.717) is 19.4 Å². The molecule has 0 spiro atoms. The Bertz CT molecular complexity index is 404. The van der Waals surface area contributed by atoms with E-state index in [-0.39, 0.29) is 5.91 Å². The zero-order chi connectivity index (χ0) is 13.0. The van der Waals surface area contributed by atoms with Gasteiger partial charge in [0.15, 0.2) is 0 Å². The number of aromatic nitrogens is 1. The number of hydrogen-bond donors (Lipinski definition) is 1. The molecule has 2 rings (SSSR count). The maximum Gasteiger partial charge on any atom is 0.226 e. The van der Waals surface area contributed by atoms with Crippen LogP contribution in [0.2, 0.25) is 0 Å². The van der Waals surface area contributed by atoms with Gasteiger partial charge in [-0.25, -0.2) is 0 Å². The number of rotatable bonds is 2. The molecular formula is C14H20N2O2. The van der Waals surface area contributed by atoms with Gasteiger partial charge in [0.1, 0.15) is 0 Å². The quantitative estimate of drug-likeness (QED) is 0.860. The third-order valence-corrected chi connectivity index (χ3v) is 3.52. The number of hydrogen-bond acceptors (Lipinski definition) is 3. The molecule has 18 heavy (non-hydrogen) atoms. The second-order valence-corrected chi connectivity index (χ2v) is 5.26. The fraction of sp³-hybridized carbons (Fsp3) is 0.571. The Hall–Kier alpha value is -1.42. The molecule has 0 aliphatic carbocycles. The molecule has 1 fully saturated rings. The lowest BCUT2D eigenvalue weighted by molar-refractivity contribution is -0.130. The summed E-state index contributed by atoms with van der Waals surface area (Å²) >= 11 is 0. The van der Waals surface area contributed by atoms with Crippen molar-refractivity contribution >= 4 is 5.91 Å². The molecule has 2 heterocycles. The van der Waals surface area contributed by atoms with Crippen molar-refractivity contribution in [3.63, 3.8) is 0 Å². The highest BCUT2D eigenvalue weighted by molar-refractivity contribution is 5.78. The zero-order valence-corrected chi connectivity index (χ0v) is 10.8. The first kappa shape index (κ1) is 13.0. The average Bonchev–Trinajstić information content (AvgIpc) is 2.51. The number of carbonyl (C=O) groups is 1. The summed E-state index contributed by atoms with van der Waals surface area (Å²) < 4.78 is 0. The van der Waals surface area contributed by atoms with Crippen LogP contribution in [-0.4, -0.2) is 39.6 Å². The normalized spacial score (nSPS) is 24.7. The summed E-state index contributed by atoms with van der Waals surface area (Å²) in [5, 5.41) is 10.00. The molecule has 1 atom stereocenters. The summed E-state index contributed by atoms with van der Waals surface area (Å²) in [4.78, 5) is 18.0. The van der Waals surface area contributed by atoms with Crippen LogP contribution in [0, 0.1) is 0 Å². The molecule has 0 bridgehead atoms. The van der Waals surface area contributed by atoms with E-state index in [1.807, 2.05) is 24.0 Å². The second kappa shape index (κ2) is 5.48. The third-order valence-electron chi connectivity index (χ3n) is 3.52. The van der Waals surface area contributed by atoms with Gasteiger partial charge in [0.2, 0.25) is 5.91 Å². The number of pyridine rings is 1. The number of carbonyl (C=O) groups excluding carboxylic acids is 1. The van der Waals surface area contributed by atoms with Gasteiger partial charge < -0.3 is 10.0 Å². The molecule has 1 aromatic rings. The van der Waals surface area contributed by atoms with Crippen LogP contribution in [0.5, 0.6) is 0 Å². The number of amides is 1. The third kappa shape index (κ3) is 3.53. The Balaban J connectivity index is 1.93. The van der Waals surface area contributed by atoms with Crippen LogP contribution in [0.15, 0.2) is 24.5 Å². The van der Waals surface area contributed by atoms with Crippen LogP contribution in [0.1, 0.15) is 31.7 Å². The summed E-state index contributed by atoms with van der Waals surface area (Å²) in [5.41, 5.74) is 0.372. The standard InChI is InChI=1S/C14H20N2O2/c1-14(18)5-2-9-16(10-6-14)13(17)11-12-3-7-15-8-4-12/h3-4,7-8,18H,2,5-6,9-11H2,1H3. The van der Waals surface area contributed by atoms with Crippen molar-refractivity contribution < 1.29 is 9.90 Å². The first-order valence-electron chi connectivity index (χ1n) is 6.46. The van der Waals surface area contributed by atoms with Gasteiger partial charge >= 0.3 is 0 Å². The van der Waals surface area contributed by atoms with Crippen LogP contribution in [0.3, 0.4) is 0 Å². The van der Waals surface area contributed by atoms with Gasteiger partial charge in [-0.1, -0.05) is 0 Å². The van der Waals surface area contributed by atoms with Crippen molar-refractivity contribution in [2.75, 3.05) is 13.1 Å². The van der Waals surface area contributed by atoms with Crippen LogP contribution in [0.4, 0.5) is 0 Å². The van der Waals surface area contributed by atoms with E-state index < -0.39 is 5.60 Å². The summed E-state index contributed by atoms with van der Waals surface area (Å²) in [6, 6.07) is 3.73. The Labute approximate surface area is 108 Å². The van der Waals surface area contributed by atoms with Crippen molar-refractivity contribution in [3.8, 4) is 0 Å². The Morgan fingerprint density at radius 2 is 2.11 bits per heavy atom. The predicted molar refractivity (Wildman–Crippen MR) is 69.0 cm³/mol. The minimum absolute atomic E-state index is 0.138. The molecule has 1 N–H and O–H groups in total. The SMILES string of the molecule is CC1(O)CCCN(C(=O)Cc2ccncc2)CC1. The molecule has 1 aliphatic rings. The van der Waals surface area contributed by atoms with Gasteiger partial charge in [-0.05, 0) is 43.9 Å². The molecule has 1 amide bonds. The first-order valence-corrected chi connectivity index (χ1v) is 6.46. The largest absolute Gasteiger partial charge is 0.390 e. The van der Waals surface area contributed by atoms with Gasteiger partial charge in [-0.2, -0.15) is 0 Å². The summed E-state index contributed by atoms with van der Waals surface area (Å²) in [6.45, 7) is 3.25.